The minimum Gasteiger partial charge on any atom is -0.306 e. The maximum atomic E-state index is 5.94. The Bertz CT molecular complexity index is 523. The number of hydrogen-bond donors (Lipinski definition) is 0. The molecule has 16 heavy (non-hydrogen) atoms. The molecule has 0 atom stereocenters. The van der Waals surface area contributed by atoms with Crippen LogP contribution < -0.4 is 0 Å². The number of hydrogen-bond acceptors (Lipinski definition) is 2. The smallest absolute Gasteiger partial charge is 0.160 e. The van der Waals surface area contributed by atoms with Crippen LogP contribution in [-0.4, -0.2) is 14.5 Å². The number of pyridine rings is 1. The van der Waals surface area contributed by atoms with Gasteiger partial charge in [0.2, 0.25) is 0 Å². The van der Waals surface area contributed by atoms with Crippen molar-refractivity contribution >= 4 is 22.8 Å². The SMILES string of the molecule is Cc1ccc2nc(CCl)n(C(C)(C)C)c2n1. The van der Waals surface area contributed by atoms with Gasteiger partial charge in [0.05, 0.1) is 5.88 Å². The topological polar surface area (TPSA) is 30.7 Å². The van der Waals surface area contributed by atoms with Gasteiger partial charge in [-0.1, -0.05) is 0 Å². The molecule has 0 spiro atoms. The van der Waals surface area contributed by atoms with Gasteiger partial charge in [-0.3, -0.25) is 0 Å². The third-order valence-electron chi connectivity index (χ3n) is 2.50. The van der Waals surface area contributed by atoms with Crippen LogP contribution in [0.1, 0.15) is 32.3 Å². The molecule has 0 fully saturated rings. The van der Waals surface area contributed by atoms with Crippen LogP contribution in [0, 0.1) is 6.92 Å². The first-order valence-corrected chi connectivity index (χ1v) is 5.88. The van der Waals surface area contributed by atoms with Gasteiger partial charge in [0.15, 0.2) is 5.65 Å². The molecule has 0 aliphatic rings. The van der Waals surface area contributed by atoms with E-state index >= 15 is 0 Å². The largest absolute Gasteiger partial charge is 0.306 e. The van der Waals surface area contributed by atoms with Crippen LogP contribution in [0.3, 0.4) is 0 Å². The van der Waals surface area contributed by atoms with Gasteiger partial charge in [0, 0.05) is 11.2 Å². The van der Waals surface area contributed by atoms with Gasteiger partial charge < -0.3 is 4.57 Å². The Kier molecular flexibility index (Phi) is 2.66. The summed E-state index contributed by atoms with van der Waals surface area (Å²) in [6, 6.07) is 3.97. The van der Waals surface area contributed by atoms with Gasteiger partial charge in [-0.15, -0.1) is 11.6 Å². The Morgan fingerprint density at radius 1 is 1.25 bits per heavy atom. The van der Waals surface area contributed by atoms with E-state index in [1.165, 1.54) is 0 Å². The molecule has 2 aromatic heterocycles. The van der Waals surface area contributed by atoms with Crippen molar-refractivity contribution in [2.45, 2.75) is 39.1 Å². The zero-order chi connectivity index (χ0) is 11.9. The summed E-state index contributed by atoms with van der Waals surface area (Å²) in [4.78, 5) is 9.06. The van der Waals surface area contributed by atoms with Crippen molar-refractivity contribution < 1.29 is 0 Å². The highest BCUT2D eigenvalue weighted by atomic mass is 35.5. The normalized spacial score (nSPS) is 12.3. The number of halogens is 1. The number of aromatic nitrogens is 3. The van der Waals surface area contributed by atoms with E-state index in [-0.39, 0.29) is 5.54 Å². The summed E-state index contributed by atoms with van der Waals surface area (Å²) in [6.07, 6.45) is 0. The van der Waals surface area contributed by atoms with Crippen LogP contribution in [0.25, 0.3) is 11.2 Å². The number of rotatable bonds is 1. The molecule has 0 unspecified atom stereocenters. The van der Waals surface area contributed by atoms with Crippen molar-refractivity contribution in [1.82, 2.24) is 14.5 Å². The van der Waals surface area contributed by atoms with Crippen molar-refractivity contribution in [3.8, 4) is 0 Å². The maximum absolute atomic E-state index is 5.94. The fraction of sp³-hybridized carbons (Fsp3) is 0.500. The minimum absolute atomic E-state index is 0.0558. The van der Waals surface area contributed by atoms with Crippen LogP contribution >= 0.6 is 11.6 Å². The average molecular weight is 238 g/mol. The molecule has 0 radical (unpaired) electrons. The molecule has 2 rings (SSSR count). The van der Waals surface area contributed by atoms with Gasteiger partial charge in [0.1, 0.15) is 11.3 Å². The molecule has 0 aliphatic carbocycles. The van der Waals surface area contributed by atoms with E-state index in [4.69, 9.17) is 11.6 Å². The van der Waals surface area contributed by atoms with Crippen LogP contribution in [0.4, 0.5) is 0 Å². The predicted molar refractivity (Wildman–Crippen MR) is 66.8 cm³/mol. The van der Waals surface area contributed by atoms with Crippen molar-refractivity contribution in [2.24, 2.45) is 0 Å². The number of nitrogens with zero attached hydrogens (tertiary/aromatic N) is 3. The monoisotopic (exact) mass is 237 g/mol. The third kappa shape index (κ3) is 1.80. The summed E-state index contributed by atoms with van der Waals surface area (Å²) in [6.45, 7) is 8.39. The molecular weight excluding hydrogens is 222 g/mol. The highest BCUT2D eigenvalue weighted by Crippen LogP contribution is 2.24. The highest BCUT2D eigenvalue weighted by molar-refractivity contribution is 6.16. The van der Waals surface area contributed by atoms with Crippen molar-refractivity contribution in [3.05, 3.63) is 23.7 Å². The zero-order valence-electron chi connectivity index (χ0n) is 10.1. The van der Waals surface area contributed by atoms with Gasteiger partial charge >= 0.3 is 0 Å². The Morgan fingerprint density at radius 3 is 2.50 bits per heavy atom. The number of alkyl halides is 1. The Morgan fingerprint density at radius 2 is 1.94 bits per heavy atom. The summed E-state index contributed by atoms with van der Waals surface area (Å²) < 4.78 is 2.11. The molecule has 0 aliphatic heterocycles. The van der Waals surface area contributed by atoms with E-state index < -0.39 is 0 Å². The molecule has 0 bridgehead atoms. The summed E-state index contributed by atoms with van der Waals surface area (Å²) in [5.74, 6) is 1.29. The lowest BCUT2D eigenvalue weighted by molar-refractivity contribution is 0.396. The fourth-order valence-corrected chi connectivity index (χ4v) is 2.07. The van der Waals surface area contributed by atoms with Gasteiger partial charge in [-0.2, -0.15) is 0 Å². The van der Waals surface area contributed by atoms with E-state index in [9.17, 15) is 0 Å². The first kappa shape index (κ1) is 11.4. The molecule has 2 heterocycles. The van der Waals surface area contributed by atoms with Crippen LogP contribution in [0.2, 0.25) is 0 Å². The number of fused-ring (bicyclic) bond motifs is 1. The summed E-state index contributed by atoms with van der Waals surface area (Å²) >= 11 is 5.94. The fourth-order valence-electron chi connectivity index (χ4n) is 1.89. The minimum atomic E-state index is -0.0558. The van der Waals surface area contributed by atoms with Crippen LogP contribution in [0.5, 0.6) is 0 Å². The predicted octanol–water partition coefficient (Wildman–Crippen LogP) is 3.23. The van der Waals surface area contributed by atoms with E-state index in [0.717, 1.165) is 22.7 Å². The number of imidazole rings is 1. The van der Waals surface area contributed by atoms with Crippen molar-refractivity contribution in [3.63, 3.8) is 0 Å². The molecule has 0 aromatic carbocycles. The first-order chi connectivity index (χ1) is 7.43. The van der Waals surface area contributed by atoms with Gasteiger partial charge in [-0.05, 0) is 39.8 Å². The first-order valence-electron chi connectivity index (χ1n) is 5.35. The zero-order valence-corrected chi connectivity index (χ0v) is 10.8. The lowest BCUT2D eigenvalue weighted by atomic mass is 10.1. The highest BCUT2D eigenvalue weighted by Gasteiger charge is 2.21. The average Bonchev–Trinajstić information content (AvgIpc) is 2.54. The molecule has 0 N–H and O–H groups in total. The van der Waals surface area contributed by atoms with Gasteiger partial charge in [0.25, 0.3) is 0 Å². The van der Waals surface area contributed by atoms with E-state index in [0.29, 0.717) is 5.88 Å². The molecule has 2 aromatic rings. The second-order valence-electron chi connectivity index (χ2n) is 4.96. The molecule has 0 saturated carbocycles. The standard InChI is InChI=1S/C12H16ClN3/c1-8-5-6-9-11(14-8)16(12(2,3)4)10(7-13)15-9/h5-6H,7H2,1-4H3. The maximum Gasteiger partial charge on any atom is 0.160 e. The second kappa shape index (κ2) is 3.74. The third-order valence-corrected chi connectivity index (χ3v) is 2.74. The summed E-state index contributed by atoms with van der Waals surface area (Å²) in [5, 5.41) is 0. The number of aryl methyl sites for hydroxylation is 1. The van der Waals surface area contributed by atoms with E-state index in [1.807, 2.05) is 19.1 Å². The molecule has 0 saturated heterocycles. The van der Waals surface area contributed by atoms with Crippen molar-refractivity contribution in [2.75, 3.05) is 0 Å². The summed E-state index contributed by atoms with van der Waals surface area (Å²) in [5.41, 5.74) is 2.78. The molecular formula is C12H16ClN3. The Balaban J connectivity index is 2.81. The Hall–Kier alpha value is -1.09. The van der Waals surface area contributed by atoms with E-state index in [1.54, 1.807) is 0 Å². The van der Waals surface area contributed by atoms with Crippen molar-refractivity contribution in [1.29, 1.82) is 0 Å². The quantitative estimate of drug-likeness (QED) is 0.713. The van der Waals surface area contributed by atoms with Gasteiger partial charge in [-0.25, -0.2) is 9.97 Å². The van der Waals surface area contributed by atoms with Crippen LogP contribution in [0.15, 0.2) is 12.1 Å². The Labute approximate surface area is 100 Å². The molecule has 0 amide bonds. The second-order valence-corrected chi connectivity index (χ2v) is 5.23. The summed E-state index contributed by atoms with van der Waals surface area (Å²) in [7, 11) is 0. The molecule has 3 nitrogen and oxygen atoms in total. The lowest BCUT2D eigenvalue weighted by Crippen LogP contribution is -2.24. The lowest BCUT2D eigenvalue weighted by Gasteiger charge is -2.23. The molecule has 86 valence electrons. The van der Waals surface area contributed by atoms with Crippen LogP contribution in [-0.2, 0) is 11.4 Å². The van der Waals surface area contributed by atoms with E-state index in [2.05, 4.69) is 35.3 Å². The molecule has 4 heteroatoms.